The van der Waals surface area contributed by atoms with Gasteiger partial charge in [-0.15, -0.1) is 0 Å². The molecule has 1 aliphatic heterocycles. The van der Waals surface area contributed by atoms with E-state index in [4.69, 9.17) is 21.7 Å². The number of benzene rings is 3. The van der Waals surface area contributed by atoms with Crippen LogP contribution in [0.2, 0.25) is 0 Å². The number of rotatable bonds is 6. The van der Waals surface area contributed by atoms with Crippen LogP contribution in [0.15, 0.2) is 71.9 Å². The molecule has 4 rings (SSSR count). The topological polar surface area (TPSA) is 71.6 Å². The number of allylic oxidation sites excluding steroid dienone is 1. The first-order valence-electron chi connectivity index (χ1n) is 10.4. The van der Waals surface area contributed by atoms with Crippen molar-refractivity contribution in [1.82, 2.24) is 10.6 Å². The molecule has 32 heavy (non-hydrogen) atoms. The Hall–Kier alpha value is -3.58. The lowest BCUT2D eigenvalue weighted by Gasteiger charge is -2.32. The summed E-state index contributed by atoms with van der Waals surface area (Å²) in [6, 6.07) is 18.8. The highest BCUT2D eigenvalue weighted by molar-refractivity contribution is 7.80. The minimum absolute atomic E-state index is 0.253. The van der Waals surface area contributed by atoms with Crippen LogP contribution in [0.4, 0.5) is 5.69 Å². The number of amides is 1. The molecule has 0 saturated carbocycles. The number of nitrogens with one attached hydrogen (secondary N) is 3. The largest absolute Gasteiger partial charge is 0.496 e. The molecule has 0 bridgehead atoms. The zero-order valence-electron chi connectivity index (χ0n) is 18.2. The summed E-state index contributed by atoms with van der Waals surface area (Å²) in [4.78, 5) is 13.6. The molecule has 1 atom stereocenters. The zero-order valence-corrected chi connectivity index (χ0v) is 19.0. The van der Waals surface area contributed by atoms with E-state index in [1.165, 1.54) is 0 Å². The summed E-state index contributed by atoms with van der Waals surface area (Å²) >= 11 is 5.44. The van der Waals surface area contributed by atoms with Crippen molar-refractivity contribution in [2.45, 2.75) is 19.9 Å². The Bertz CT molecular complexity index is 1220. The van der Waals surface area contributed by atoms with Gasteiger partial charge < -0.3 is 25.4 Å². The Labute approximate surface area is 192 Å². The second-order valence-corrected chi connectivity index (χ2v) is 7.76. The lowest BCUT2D eigenvalue weighted by molar-refractivity contribution is -0.113. The average molecular weight is 448 g/mol. The molecule has 0 spiro atoms. The van der Waals surface area contributed by atoms with Crippen molar-refractivity contribution >= 4 is 39.7 Å². The highest BCUT2D eigenvalue weighted by atomic mass is 32.1. The third-order valence-corrected chi connectivity index (χ3v) is 5.61. The second-order valence-electron chi connectivity index (χ2n) is 7.36. The summed E-state index contributed by atoms with van der Waals surface area (Å²) in [7, 11) is 1.63. The van der Waals surface area contributed by atoms with Crippen LogP contribution in [-0.4, -0.2) is 24.7 Å². The molecule has 6 nitrogen and oxygen atoms in total. The smallest absolute Gasteiger partial charge is 0.255 e. The van der Waals surface area contributed by atoms with Gasteiger partial charge in [0.15, 0.2) is 5.11 Å². The molecular formula is C25H25N3O3S. The third kappa shape index (κ3) is 4.11. The zero-order chi connectivity index (χ0) is 22.7. The van der Waals surface area contributed by atoms with E-state index in [2.05, 4.69) is 16.0 Å². The van der Waals surface area contributed by atoms with Gasteiger partial charge in [0.2, 0.25) is 0 Å². The summed E-state index contributed by atoms with van der Waals surface area (Å²) in [6.07, 6.45) is 0. The maximum atomic E-state index is 13.6. The fourth-order valence-corrected chi connectivity index (χ4v) is 4.27. The summed E-state index contributed by atoms with van der Waals surface area (Å²) in [5.74, 6) is 1.05. The Morgan fingerprint density at radius 3 is 2.59 bits per heavy atom. The molecule has 3 N–H and O–H groups in total. The first-order valence-corrected chi connectivity index (χ1v) is 10.8. The number of methoxy groups -OCH3 is 1. The second kappa shape index (κ2) is 9.28. The standard InChI is InChI=1S/C25H25N3O3S/c1-4-31-19-12-8-7-11-18(19)27-24(29)21-15(2)26-25(32)28-23(21)22-17-10-6-5-9-16(17)13-14-20(22)30-3/h5-14,23H,4H2,1-3H3,(H,27,29)(H2,26,28,32). The molecule has 7 heteroatoms. The fourth-order valence-electron chi connectivity index (χ4n) is 4.00. The molecule has 0 fully saturated rings. The lowest BCUT2D eigenvalue weighted by atomic mass is 9.90. The molecular weight excluding hydrogens is 422 g/mol. The molecule has 1 heterocycles. The Morgan fingerprint density at radius 2 is 1.81 bits per heavy atom. The number of hydrogen-bond donors (Lipinski definition) is 3. The molecule has 3 aromatic rings. The highest BCUT2D eigenvalue weighted by Gasteiger charge is 2.33. The molecule has 164 valence electrons. The predicted octanol–water partition coefficient (Wildman–Crippen LogP) is 4.68. The molecule has 3 aromatic carbocycles. The lowest BCUT2D eigenvalue weighted by Crippen LogP contribution is -2.46. The van der Waals surface area contributed by atoms with Gasteiger partial charge in [-0.1, -0.05) is 42.5 Å². The van der Waals surface area contributed by atoms with Crippen LogP contribution in [0.1, 0.15) is 25.5 Å². The van der Waals surface area contributed by atoms with Crippen molar-refractivity contribution in [3.05, 3.63) is 77.5 Å². The van der Waals surface area contributed by atoms with E-state index >= 15 is 0 Å². The van der Waals surface area contributed by atoms with Gasteiger partial charge in [0, 0.05) is 11.3 Å². The summed E-state index contributed by atoms with van der Waals surface area (Å²) in [5, 5.41) is 11.9. The number of anilines is 1. The number of carbonyl (C=O) groups excluding carboxylic acids is 1. The number of fused-ring (bicyclic) bond motifs is 1. The normalized spacial score (nSPS) is 15.7. The van der Waals surface area contributed by atoms with Crippen molar-refractivity contribution in [3.8, 4) is 11.5 Å². The van der Waals surface area contributed by atoms with Crippen LogP contribution in [0.3, 0.4) is 0 Å². The monoisotopic (exact) mass is 447 g/mol. The summed E-state index contributed by atoms with van der Waals surface area (Å²) in [6.45, 7) is 4.26. The molecule has 0 aliphatic carbocycles. The van der Waals surface area contributed by atoms with E-state index in [1.54, 1.807) is 7.11 Å². The van der Waals surface area contributed by atoms with Gasteiger partial charge in [0.25, 0.3) is 5.91 Å². The van der Waals surface area contributed by atoms with E-state index < -0.39 is 6.04 Å². The minimum Gasteiger partial charge on any atom is -0.496 e. The Kier molecular flexibility index (Phi) is 6.28. The number of carbonyl (C=O) groups is 1. The van der Waals surface area contributed by atoms with Crippen LogP contribution >= 0.6 is 12.2 Å². The van der Waals surface area contributed by atoms with Crippen LogP contribution in [0.25, 0.3) is 10.8 Å². The van der Waals surface area contributed by atoms with Gasteiger partial charge in [0.1, 0.15) is 11.5 Å². The molecule has 1 aliphatic rings. The van der Waals surface area contributed by atoms with Gasteiger partial charge in [-0.3, -0.25) is 4.79 Å². The fraction of sp³-hybridized carbons (Fsp3) is 0.200. The van der Waals surface area contributed by atoms with Crippen LogP contribution in [-0.2, 0) is 4.79 Å². The first kappa shape index (κ1) is 21.6. The van der Waals surface area contributed by atoms with Crippen LogP contribution in [0, 0.1) is 0 Å². The molecule has 0 saturated heterocycles. The summed E-state index contributed by atoms with van der Waals surface area (Å²) < 4.78 is 11.4. The van der Waals surface area contributed by atoms with Gasteiger partial charge in [0.05, 0.1) is 31.0 Å². The van der Waals surface area contributed by atoms with Gasteiger partial charge >= 0.3 is 0 Å². The highest BCUT2D eigenvalue weighted by Crippen LogP contribution is 2.39. The molecule has 1 unspecified atom stereocenters. The quantitative estimate of drug-likeness (QED) is 0.477. The number of ether oxygens (including phenoxy) is 2. The van der Waals surface area contributed by atoms with E-state index in [0.29, 0.717) is 40.2 Å². The molecule has 1 amide bonds. The molecule has 0 radical (unpaired) electrons. The molecule has 0 aromatic heterocycles. The first-order chi connectivity index (χ1) is 15.5. The van der Waals surface area contributed by atoms with E-state index in [-0.39, 0.29) is 5.91 Å². The number of para-hydroxylation sites is 2. The van der Waals surface area contributed by atoms with E-state index in [9.17, 15) is 4.79 Å². The number of thiocarbonyl (C=S) groups is 1. The van der Waals surface area contributed by atoms with Gasteiger partial charge in [-0.2, -0.15) is 0 Å². The van der Waals surface area contributed by atoms with E-state index in [0.717, 1.165) is 16.3 Å². The predicted molar refractivity (Wildman–Crippen MR) is 131 cm³/mol. The van der Waals surface area contributed by atoms with Crippen molar-refractivity contribution < 1.29 is 14.3 Å². The SMILES string of the molecule is CCOc1ccccc1NC(=O)C1=C(C)NC(=S)NC1c1c(OC)ccc2ccccc12. The van der Waals surface area contributed by atoms with Crippen molar-refractivity contribution in [2.75, 3.05) is 19.0 Å². The maximum Gasteiger partial charge on any atom is 0.255 e. The number of hydrogen-bond acceptors (Lipinski definition) is 4. The van der Waals surface area contributed by atoms with Crippen molar-refractivity contribution in [1.29, 1.82) is 0 Å². The average Bonchev–Trinajstić information content (AvgIpc) is 2.79. The van der Waals surface area contributed by atoms with Crippen molar-refractivity contribution in [2.24, 2.45) is 0 Å². The third-order valence-electron chi connectivity index (χ3n) is 5.39. The van der Waals surface area contributed by atoms with Crippen LogP contribution < -0.4 is 25.4 Å². The van der Waals surface area contributed by atoms with E-state index in [1.807, 2.05) is 74.5 Å². The van der Waals surface area contributed by atoms with Gasteiger partial charge in [-0.05, 0) is 55.0 Å². The maximum absolute atomic E-state index is 13.6. The summed E-state index contributed by atoms with van der Waals surface area (Å²) in [5.41, 5.74) is 2.67. The Balaban J connectivity index is 1.81. The van der Waals surface area contributed by atoms with Gasteiger partial charge in [-0.25, -0.2) is 0 Å². The van der Waals surface area contributed by atoms with Crippen molar-refractivity contribution in [3.63, 3.8) is 0 Å². The van der Waals surface area contributed by atoms with Crippen LogP contribution in [0.5, 0.6) is 11.5 Å². The minimum atomic E-state index is -0.496. The Morgan fingerprint density at radius 1 is 1.06 bits per heavy atom.